The van der Waals surface area contributed by atoms with Gasteiger partial charge in [-0.05, 0) is 43.7 Å². The van der Waals surface area contributed by atoms with Crippen LogP contribution in [0.4, 0.5) is 4.39 Å². The molecule has 0 spiro atoms. The highest BCUT2D eigenvalue weighted by Crippen LogP contribution is 2.26. The van der Waals surface area contributed by atoms with Gasteiger partial charge in [0.1, 0.15) is 22.9 Å². The van der Waals surface area contributed by atoms with Crippen molar-refractivity contribution in [1.82, 2.24) is 9.80 Å². The highest BCUT2D eigenvalue weighted by molar-refractivity contribution is 5.92. The molecule has 2 atom stereocenters. The van der Waals surface area contributed by atoms with Gasteiger partial charge in [0.2, 0.25) is 0 Å². The minimum atomic E-state index is -0.509. The van der Waals surface area contributed by atoms with Crippen LogP contribution in [-0.2, 0) is 16.1 Å². The van der Waals surface area contributed by atoms with Crippen molar-refractivity contribution in [2.45, 2.75) is 32.5 Å². The van der Waals surface area contributed by atoms with Crippen LogP contribution in [0, 0.1) is 5.82 Å². The van der Waals surface area contributed by atoms with Gasteiger partial charge in [0.05, 0.1) is 14.2 Å². The molecule has 8 heteroatoms. The van der Waals surface area contributed by atoms with Crippen LogP contribution in [0.3, 0.4) is 0 Å². The van der Waals surface area contributed by atoms with Gasteiger partial charge in [-0.15, -0.1) is 0 Å². The third-order valence-corrected chi connectivity index (χ3v) is 5.67. The molecule has 3 rings (SSSR count). The van der Waals surface area contributed by atoms with Gasteiger partial charge in [0.15, 0.2) is 6.61 Å². The molecule has 172 valence electrons. The molecule has 0 bridgehead atoms. The number of piperazine rings is 1. The maximum atomic E-state index is 13.2. The summed E-state index contributed by atoms with van der Waals surface area (Å²) >= 11 is 0. The van der Waals surface area contributed by atoms with E-state index >= 15 is 0 Å². The van der Waals surface area contributed by atoms with Crippen molar-refractivity contribution in [3.8, 4) is 11.5 Å². The maximum Gasteiger partial charge on any atom is 0.341 e. The van der Waals surface area contributed by atoms with Crippen LogP contribution < -0.4 is 9.47 Å². The van der Waals surface area contributed by atoms with E-state index in [0.29, 0.717) is 31.1 Å². The van der Waals surface area contributed by atoms with Gasteiger partial charge in [-0.25, -0.2) is 9.18 Å². The summed E-state index contributed by atoms with van der Waals surface area (Å²) in [7, 11) is 2.75. The summed E-state index contributed by atoms with van der Waals surface area (Å²) in [6, 6.07) is 11.4. The predicted molar refractivity (Wildman–Crippen MR) is 117 cm³/mol. The first-order valence-electron chi connectivity index (χ1n) is 10.5. The number of carbonyl (C=O) groups is 2. The second-order valence-electron chi connectivity index (χ2n) is 7.94. The third kappa shape index (κ3) is 5.56. The summed E-state index contributed by atoms with van der Waals surface area (Å²) in [4.78, 5) is 28.7. The summed E-state index contributed by atoms with van der Waals surface area (Å²) < 4.78 is 28.8. The summed E-state index contributed by atoms with van der Waals surface area (Å²) in [5.41, 5.74) is 1.33. The fraction of sp³-hybridized carbons (Fsp3) is 0.417. The first-order chi connectivity index (χ1) is 15.3. The molecule has 0 saturated carbocycles. The molecule has 1 aliphatic heterocycles. The first-order valence-corrected chi connectivity index (χ1v) is 10.5. The van der Waals surface area contributed by atoms with E-state index in [0.717, 1.165) is 5.56 Å². The zero-order valence-electron chi connectivity index (χ0n) is 18.8. The van der Waals surface area contributed by atoms with Crippen LogP contribution in [-0.4, -0.2) is 67.7 Å². The van der Waals surface area contributed by atoms with E-state index in [1.165, 1.54) is 26.4 Å². The monoisotopic (exact) mass is 444 g/mol. The molecule has 1 saturated heterocycles. The van der Waals surface area contributed by atoms with E-state index in [9.17, 15) is 14.0 Å². The number of amides is 1. The Morgan fingerprint density at radius 2 is 1.75 bits per heavy atom. The zero-order valence-corrected chi connectivity index (χ0v) is 18.8. The molecule has 1 heterocycles. The number of halogens is 1. The van der Waals surface area contributed by atoms with Crippen molar-refractivity contribution < 1.29 is 28.2 Å². The lowest BCUT2D eigenvalue weighted by atomic mass is 10.1. The molecule has 1 fully saturated rings. The highest BCUT2D eigenvalue weighted by atomic mass is 19.1. The van der Waals surface area contributed by atoms with Crippen molar-refractivity contribution in [3.05, 3.63) is 59.4 Å². The Labute approximate surface area is 187 Å². The lowest BCUT2D eigenvalue weighted by molar-refractivity contribution is -0.139. The standard InChI is InChI=1S/C24H29FN2O5/c1-16-13-27(17(2)12-26(16)14-18-5-7-19(25)8-6-18)23(28)15-32-20-9-10-21(24(29)31-4)22(11-20)30-3/h5-11,16-17H,12-15H2,1-4H3/t16-,17+/m1/s1. The van der Waals surface area contributed by atoms with E-state index in [-0.39, 0.29) is 36.0 Å². The Morgan fingerprint density at radius 3 is 2.41 bits per heavy atom. The van der Waals surface area contributed by atoms with Crippen LogP contribution in [0.25, 0.3) is 0 Å². The van der Waals surface area contributed by atoms with E-state index in [2.05, 4.69) is 11.8 Å². The minimum absolute atomic E-state index is 0.0129. The second-order valence-corrected chi connectivity index (χ2v) is 7.94. The lowest BCUT2D eigenvalue weighted by Crippen LogP contribution is -2.58. The number of hydrogen-bond donors (Lipinski definition) is 0. The number of nitrogens with zero attached hydrogens (tertiary/aromatic N) is 2. The van der Waals surface area contributed by atoms with Crippen LogP contribution in [0.15, 0.2) is 42.5 Å². The summed E-state index contributed by atoms with van der Waals surface area (Å²) in [6.07, 6.45) is 0. The molecule has 0 aromatic heterocycles. The van der Waals surface area contributed by atoms with Gasteiger partial charge >= 0.3 is 5.97 Å². The SMILES string of the molecule is COC(=O)c1ccc(OCC(=O)N2C[C@@H](C)N(Cc3ccc(F)cc3)C[C@@H]2C)cc1OC. The molecule has 0 radical (unpaired) electrons. The maximum absolute atomic E-state index is 13.2. The fourth-order valence-electron chi connectivity index (χ4n) is 3.86. The Hall–Kier alpha value is -3.13. The fourth-order valence-corrected chi connectivity index (χ4v) is 3.86. The van der Waals surface area contributed by atoms with Crippen molar-refractivity contribution >= 4 is 11.9 Å². The number of methoxy groups -OCH3 is 2. The van der Waals surface area contributed by atoms with Gasteiger partial charge in [-0.3, -0.25) is 9.69 Å². The van der Waals surface area contributed by atoms with Gasteiger partial charge in [-0.2, -0.15) is 0 Å². The number of ether oxygens (including phenoxy) is 3. The number of hydrogen-bond acceptors (Lipinski definition) is 6. The lowest BCUT2D eigenvalue weighted by Gasteiger charge is -2.44. The van der Waals surface area contributed by atoms with Gasteiger partial charge in [-0.1, -0.05) is 12.1 Å². The second kappa shape index (κ2) is 10.5. The van der Waals surface area contributed by atoms with Crippen molar-refractivity contribution in [2.24, 2.45) is 0 Å². The van der Waals surface area contributed by atoms with Gasteiger partial charge in [0, 0.05) is 37.8 Å². The normalized spacial score (nSPS) is 18.8. The molecule has 0 N–H and O–H groups in total. The Morgan fingerprint density at radius 1 is 1.03 bits per heavy atom. The van der Waals surface area contributed by atoms with E-state index in [4.69, 9.17) is 14.2 Å². The Bertz CT molecular complexity index is 950. The van der Waals surface area contributed by atoms with Crippen LogP contribution >= 0.6 is 0 Å². The van der Waals surface area contributed by atoms with E-state index in [1.807, 2.05) is 11.8 Å². The molecular weight excluding hydrogens is 415 g/mol. The molecule has 7 nitrogen and oxygen atoms in total. The summed E-state index contributed by atoms with van der Waals surface area (Å²) in [5, 5.41) is 0. The molecular formula is C24H29FN2O5. The molecule has 0 unspecified atom stereocenters. The van der Waals surface area contributed by atoms with Gasteiger partial charge in [0.25, 0.3) is 5.91 Å². The number of rotatable bonds is 7. The van der Waals surface area contributed by atoms with E-state index < -0.39 is 5.97 Å². The smallest absolute Gasteiger partial charge is 0.341 e. The molecule has 1 amide bonds. The molecule has 32 heavy (non-hydrogen) atoms. The zero-order chi connectivity index (χ0) is 23.3. The highest BCUT2D eigenvalue weighted by Gasteiger charge is 2.32. The first kappa shape index (κ1) is 23.5. The van der Waals surface area contributed by atoms with Crippen molar-refractivity contribution in [1.29, 1.82) is 0 Å². The quantitative estimate of drug-likeness (QED) is 0.612. The topological polar surface area (TPSA) is 68.3 Å². The van der Waals surface area contributed by atoms with Gasteiger partial charge < -0.3 is 19.1 Å². The number of carbonyl (C=O) groups excluding carboxylic acids is 2. The van der Waals surface area contributed by atoms with Crippen molar-refractivity contribution in [2.75, 3.05) is 33.9 Å². The predicted octanol–water partition coefficient (Wildman–Crippen LogP) is 3.12. The Kier molecular flexibility index (Phi) is 7.69. The van der Waals surface area contributed by atoms with Crippen LogP contribution in [0.1, 0.15) is 29.8 Å². The van der Waals surface area contributed by atoms with Crippen LogP contribution in [0.2, 0.25) is 0 Å². The van der Waals surface area contributed by atoms with E-state index in [1.54, 1.807) is 30.3 Å². The number of esters is 1. The molecule has 0 aliphatic carbocycles. The molecule has 1 aliphatic rings. The van der Waals surface area contributed by atoms with Crippen molar-refractivity contribution in [3.63, 3.8) is 0 Å². The minimum Gasteiger partial charge on any atom is -0.496 e. The molecule has 2 aromatic rings. The average Bonchev–Trinajstić information content (AvgIpc) is 2.80. The summed E-state index contributed by atoms with van der Waals surface area (Å²) in [5.74, 6) is -0.118. The Balaban J connectivity index is 1.58. The summed E-state index contributed by atoms with van der Waals surface area (Å²) in [6.45, 7) is 5.97. The largest absolute Gasteiger partial charge is 0.496 e. The number of benzene rings is 2. The van der Waals surface area contributed by atoms with Crippen LogP contribution in [0.5, 0.6) is 11.5 Å². The average molecular weight is 445 g/mol. The third-order valence-electron chi connectivity index (χ3n) is 5.67. The molecule has 2 aromatic carbocycles.